The van der Waals surface area contributed by atoms with Crippen LogP contribution < -0.4 is 10.5 Å². The first kappa shape index (κ1) is 19.3. The monoisotopic (exact) mass is 394 g/mol. The van der Waals surface area contributed by atoms with Crippen LogP contribution >= 0.6 is 0 Å². The van der Waals surface area contributed by atoms with Crippen molar-refractivity contribution in [3.05, 3.63) is 60.2 Å². The van der Waals surface area contributed by atoms with Crippen molar-refractivity contribution < 1.29 is 27.1 Å². The maximum Gasteiger partial charge on any atom is 0.573 e. The first-order chi connectivity index (χ1) is 13.2. The summed E-state index contributed by atoms with van der Waals surface area (Å²) in [6, 6.07) is 9.45. The van der Waals surface area contributed by atoms with Crippen molar-refractivity contribution in [3.63, 3.8) is 0 Å². The molecular weight excluding hydrogens is 380 g/mol. The number of hydrogen-bond donors (Lipinski definition) is 1. The van der Waals surface area contributed by atoms with Crippen molar-refractivity contribution in [1.82, 2.24) is 14.8 Å². The van der Waals surface area contributed by atoms with E-state index in [0.29, 0.717) is 16.8 Å². The average Bonchev–Trinajstić information content (AvgIpc) is 3.10. The van der Waals surface area contributed by atoms with Gasteiger partial charge in [-0.1, -0.05) is 12.1 Å². The number of carbonyl (C=O) groups excluding carboxylic acids is 1. The van der Waals surface area contributed by atoms with E-state index in [1.165, 1.54) is 35.3 Å². The Bertz CT molecular complexity index is 984. The average molecular weight is 394 g/mol. The maximum absolute atomic E-state index is 14.2. The van der Waals surface area contributed by atoms with Gasteiger partial charge < -0.3 is 10.5 Å². The second-order valence-electron chi connectivity index (χ2n) is 5.83. The summed E-state index contributed by atoms with van der Waals surface area (Å²) in [7, 11) is 0. The number of halogens is 4. The van der Waals surface area contributed by atoms with E-state index in [9.17, 15) is 22.4 Å². The molecule has 2 N–H and O–H groups in total. The molecule has 0 atom stereocenters. The molecular formula is C18H14F4N4O2. The van der Waals surface area contributed by atoms with E-state index in [1.807, 2.05) is 0 Å². The van der Waals surface area contributed by atoms with E-state index in [4.69, 9.17) is 5.73 Å². The first-order valence-electron chi connectivity index (χ1n) is 8.06. The summed E-state index contributed by atoms with van der Waals surface area (Å²) in [4.78, 5) is 14.9. The molecule has 0 radical (unpaired) electrons. The van der Waals surface area contributed by atoms with Gasteiger partial charge in [0.25, 0.3) is 0 Å². The molecule has 3 rings (SSSR count). The lowest BCUT2D eigenvalue weighted by Crippen LogP contribution is -2.17. The quantitative estimate of drug-likeness (QED) is 0.650. The lowest BCUT2D eigenvalue weighted by atomic mass is 10.1. The zero-order valence-electron chi connectivity index (χ0n) is 14.3. The molecule has 10 heteroatoms. The highest BCUT2D eigenvalue weighted by molar-refractivity contribution is 5.74. The number of aromatic nitrogens is 3. The molecule has 0 bridgehead atoms. The van der Waals surface area contributed by atoms with E-state index < -0.39 is 18.1 Å². The molecule has 28 heavy (non-hydrogen) atoms. The number of primary amides is 1. The van der Waals surface area contributed by atoms with Crippen molar-refractivity contribution in [2.24, 2.45) is 5.73 Å². The van der Waals surface area contributed by atoms with Crippen LogP contribution in [-0.4, -0.2) is 27.0 Å². The van der Waals surface area contributed by atoms with E-state index in [2.05, 4.69) is 14.8 Å². The van der Waals surface area contributed by atoms with Gasteiger partial charge in [-0.2, -0.15) is 0 Å². The van der Waals surface area contributed by atoms with Gasteiger partial charge in [0.05, 0.1) is 5.69 Å². The number of carbonyl (C=O) groups is 1. The zero-order valence-corrected chi connectivity index (χ0v) is 14.3. The Balaban J connectivity index is 1.76. The van der Waals surface area contributed by atoms with E-state index in [-0.39, 0.29) is 24.4 Å². The Morgan fingerprint density at radius 1 is 1.14 bits per heavy atom. The molecule has 3 aromatic rings. The van der Waals surface area contributed by atoms with Crippen LogP contribution in [0.2, 0.25) is 0 Å². The summed E-state index contributed by atoms with van der Waals surface area (Å²) >= 11 is 0. The van der Waals surface area contributed by atoms with E-state index in [1.54, 1.807) is 6.07 Å². The van der Waals surface area contributed by atoms with Gasteiger partial charge in [-0.15, -0.1) is 18.3 Å². The summed E-state index contributed by atoms with van der Waals surface area (Å²) in [6.45, 7) is 0. The summed E-state index contributed by atoms with van der Waals surface area (Å²) in [5, 5.41) is 4.20. The highest BCUT2D eigenvalue weighted by atomic mass is 19.4. The smallest absolute Gasteiger partial charge is 0.406 e. The number of nitrogens with zero attached hydrogens (tertiary/aromatic N) is 3. The fourth-order valence-electron chi connectivity index (χ4n) is 2.47. The fourth-order valence-corrected chi connectivity index (χ4v) is 2.47. The molecule has 146 valence electrons. The number of aryl methyl sites for hydroxylation is 1. The number of hydrogen-bond acceptors (Lipinski definition) is 4. The number of alkyl halides is 3. The van der Waals surface area contributed by atoms with Gasteiger partial charge in [0, 0.05) is 12.0 Å². The molecule has 0 aliphatic carbocycles. The Hall–Kier alpha value is -3.43. The highest BCUT2D eigenvalue weighted by Gasteiger charge is 2.31. The Labute approximate surface area is 156 Å². The van der Waals surface area contributed by atoms with E-state index in [0.717, 1.165) is 12.1 Å². The molecule has 0 spiro atoms. The van der Waals surface area contributed by atoms with Crippen molar-refractivity contribution >= 4 is 5.91 Å². The third-order valence-electron chi connectivity index (χ3n) is 3.78. The van der Waals surface area contributed by atoms with Crippen LogP contribution in [-0.2, 0) is 11.2 Å². The topological polar surface area (TPSA) is 83.0 Å². The van der Waals surface area contributed by atoms with Gasteiger partial charge >= 0.3 is 6.36 Å². The van der Waals surface area contributed by atoms with Crippen molar-refractivity contribution in [2.45, 2.75) is 19.2 Å². The SMILES string of the molecule is NC(=O)CCc1ccc(-c2ncn(-c3ccc(OC(F)(F)F)cc3)n2)cc1F. The van der Waals surface area contributed by atoms with Crippen LogP contribution in [0.4, 0.5) is 17.6 Å². The molecule has 0 aliphatic heterocycles. The minimum atomic E-state index is -4.77. The minimum absolute atomic E-state index is 0.0389. The van der Waals surface area contributed by atoms with Crippen LogP contribution in [0.3, 0.4) is 0 Å². The number of amides is 1. The van der Waals surface area contributed by atoms with Gasteiger partial charge in [0.15, 0.2) is 5.82 Å². The van der Waals surface area contributed by atoms with Gasteiger partial charge in [-0.25, -0.2) is 14.1 Å². The standard InChI is InChI=1S/C18H14F4N4O2/c19-15-9-12(2-1-11(15)3-8-16(23)27)17-24-10-26(25-17)13-4-6-14(7-5-13)28-18(20,21)22/h1-2,4-7,9-10H,3,8H2,(H2,23,27). The normalized spacial score (nSPS) is 11.4. The number of rotatable bonds is 6. The largest absolute Gasteiger partial charge is 0.573 e. The molecule has 0 fully saturated rings. The van der Waals surface area contributed by atoms with Crippen molar-refractivity contribution in [2.75, 3.05) is 0 Å². The van der Waals surface area contributed by atoms with E-state index >= 15 is 0 Å². The molecule has 0 aliphatic rings. The van der Waals surface area contributed by atoms with Crippen LogP contribution in [0.15, 0.2) is 48.8 Å². The van der Waals surface area contributed by atoms with Gasteiger partial charge in [0.2, 0.25) is 5.91 Å². The first-order valence-corrected chi connectivity index (χ1v) is 8.06. The lowest BCUT2D eigenvalue weighted by molar-refractivity contribution is -0.274. The maximum atomic E-state index is 14.2. The van der Waals surface area contributed by atoms with Gasteiger partial charge in [0.1, 0.15) is 17.9 Å². The summed E-state index contributed by atoms with van der Waals surface area (Å²) in [6.07, 6.45) is -3.18. The van der Waals surface area contributed by atoms with Crippen molar-refractivity contribution in [1.29, 1.82) is 0 Å². The second kappa shape index (κ2) is 7.67. The molecule has 1 amide bonds. The number of ether oxygens (including phenoxy) is 1. The van der Waals surface area contributed by atoms with Crippen LogP contribution in [0.5, 0.6) is 5.75 Å². The summed E-state index contributed by atoms with van der Waals surface area (Å²) in [5.74, 6) is -1.15. The highest BCUT2D eigenvalue weighted by Crippen LogP contribution is 2.24. The molecule has 0 saturated heterocycles. The Morgan fingerprint density at radius 2 is 1.86 bits per heavy atom. The molecule has 1 heterocycles. The third-order valence-corrected chi connectivity index (χ3v) is 3.78. The lowest BCUT2D eigenvalue weighted by Gasteiger charge is -2.09. The van der Waals surface area contributed by atoms with Crippen LogP contribution in [0.1, 0.15) is 12.0 Å². The van der Waals surface area contributed by atoms with Crippen LogP contribution in [0, 0.1) is 5.82 Å². The second-order valence-corrected chi connectivity index (χ2v) is 5.83. The molecule has 0 unspecified atom stereocenters. The molecule has 1 aromatic heterocycles. The number of nitrogens with two attached hydrogens (primary N) is 1. The number of benzene rings is 2. The molecule has 6 nitrogen and oxygen atoms in total. The predicted octanol–water partition coefficient (Wildman–Crippen LogP) is 3.39. The minimum Gasteiger partial charge on any atom is -0.406 e. The van der Waals surface area contributed by atoms with Gasteiger partial charge in [-0.3, -0.25) is 4.79 Å². The summed E-state index contributed by atoms with van der Waals surface area (Å²) < 4.78 is 55.9. The molecule has 2 aromatic carbocycles. The Kier molecular flexibility index (Phi) is 5.30. The fraction of sp³-hybridized carbons (Fsp3) is 0.167. The predicted molar refractivity (Wildman–Crippen MR) is 91.0 cm³/mol. The molecule has 0 saturated carbocycles. The van der Waals surface area contributed by atoms with Crippen LogP contribution in [0.25, 0.3) is 17.1 Å². The van der Waals surface area contributed by atoms with Gasteiger partial charge in [-0.05, 0) is 42.3 Å². The third kappa shape index (κ3) is 4.84. The summed E-state index contributed by atoms with van der Waals surface area (Å²) in [5.41, 5.74) is 6.27. The zero-order chi connectivity index (χ0) is 20.3. The van der Waals surface area contributed by atoms with Crippen molar-refractivity contribution in [3.8, 4) is 22.8 Å². The Morgan fingerprint density at radius 3 is 2.46 bits per heavy atom.